The van der Waals surface area contributed by atoms with Crippen molar-refractivity contribution in [3.63, 3.8) is 0 Å². The van der Waals surface area contributed by atoms with Gasteiger partial charge in [0.2, 0.25) is 11.8 Å². The number of rotatable bonds is 2. The SMILES string of the molecule is Nc1cccc(CN2CC(=O)N3CCCC3C2=O)c1. The van der Waals surface area contributed by atoms with Crippen LogP contribution in [0.1, 0.15) is 18.4 Å². The van der Waals surface area contributed by atoms with Crippen molar-refractivity contribution in [2.45, 2.75) is 25.4 Å². The van der Waals surface area contributed by atoms with Gasteiger partial charge >= 0.3 is 0 Å². The first-order valence-corrected chi connectivity index (χ1v) is 6.58. The first-order chi connectivity index (χ1) is 9.15. The van der Waals surface area contributed by atoms with Crippen LogP contribution < -0.4 is 5.73 Å². The number of fused-ring (bicyclic) bond motifs is 1. The average Bonchev–Trinajstić information content (AvgIpc) is 2.85. The van der Waals surface area contributed by atoms with E-state index < -0.39 is 0 Å². The molecule has 1 aromatic rings. The van der Waals surface area contributed by atoms with Gasteiger partial charge in [-0.3, -0.25) is 9.59 Å². The zero-order valence-corrected chi connectivity index (χ0v) is 10.7. The Labute approximate surface area is 112 Å². The Morgan fingerprint density at radius 1 is 1.32 bits per heavy atom. The molecule has 3 rings (SSSR count). The molecule has 19 heavy (non-hydrogen) atoms. The maximum atomic E-state index is 12.3. The van der Waals surface area contributed by atoms with E-state index in [1.54, 1.807) is 9.80 Å². The van der Waals surface area contributed by atoms with Crippen LogP contribution in [0.4, 0.5) is 5.69 Å². The molecular formula is C14H17N3O2. The molecule has 100 valence electrons. The first kappa shape index (κ1) is 12.0. The van der Waals surface area contributed by atoms with E-state index in [0.29, 0.717) is 12.2 Å². The predicted molar refractivity (Wildman–Crippen MR) is 71.0 cm³/mol. The van der Waals surface area contributed by atoms with Gasteiger partial charge in [0.1, 0.15) is 12.6 Å². The fraction of sp³-hybridized carbons (Fsp3) is 0.429. The third kappa shape index (κ3) is 2.16. The van der Waals surface area contributed by atoms with Gasteiger partial charge in [0, 0.05) is 18.8 Å². The van der Waals surface area contributed by atoms with E-state index in [2.05, 4.69) is 0 Å². The zero-order chi connectivity index (χ0) is 13.4. The van der Waals surface area contributed by atoms with Crippen LogP contribution in [0.3, 0.4) is 0 Å². The predicted octanol–water partition coefficient (Wildman–Crippen LogP) is 0.602. The van der Waals surface area contributed by atoms with Crippen LogP contribution in [0.15, 0.2) is 24.3 Å². The van der Waals surface area contributed by atoms with E-state index in [1.807, 2.05) is 24.3 Å². The summed E-state index contributed by atoms with van der Waals surface area (Å²) in [6, 6.07) is 7.21. The Hall–Kier alpha value is -2.04. The Balaban J connectivity index is 1.78. The maximum Gasteiger partial charge on any atom is 0.246 e. The highest BCUT2D eigenvalue weighted by Crippen LogP contribution is 2.24. The first-order valence-electron chi connectivity index (χ1n) is 6.58. The van der Waals surface area contributed by atoms with Crippen LogP contribution in [0, 0.1) is 0 Å². The molecule has 5 nitrogen and oxygen atoms in total. The normalized spacial score (nSPS) is 22.8. The minimum atomic E-state index is -0.234. The lowest BCUT2D eigenvalue weighted by Crippen LogP contribution is -2.56. The van der Waals surface area contributed by atoms with Gasteiger partial charge in [-0.1, -0.05) is 12.1 Å². The van der Waals surface area contributed by atoms with Gasteiger partial charge in [-0.05, 0) is 30.5 Å². The molecule has 5 heteroatoms. The van der Waals surface area contributed by atoms with Crippen molar-refractivity contribution in [1.29, 1.82) is 0 Å². The Morgan fingerprint density at radius 2 is 2.16 bits per heavy atom. The number of nitrogens with zero attached hydrogens (tertiary/aromatic N) is 2. The molecule has 1 unspecified atom stereocenters. The van der Waals surface area contributed by atoms with Crippen molar-refractivity contribution in [1.82, 2.24) is 9.80 Å². The molecule has 2 N–H and O–H groups in total. The van der Waals surface area contributed by atoms with Crippen LogP contribution in [0.5, 0.6) is 0 Å². The van der Waals surface area contributed by atoms with Gasteiger partial charge in [-0.2, -0.15) is 0 Å². The van der Waals surface area contributed by atoms with Gasteiger partial charge in [0.05, 0.1) is 0 Å². The lowest BCUT2D eigenvalue weighted by Gasteiger charge is -2.36. The van der Waals surface area contributed by atoms with E-state index in [-0.39, 0.29) is 24.4 Å². The van der Waals surface area contributed by atoms with Crippen molar-refractivity contribution in [2.24, 2.45) is 0 Å². The van der Waals surface area contributed by atoms with Gasteiger partial charge in [0.15, 0.2) is 0 Å². The summed E-state index contributed by atoms with van der Waals surface area (Å²) in [5.74, 6) is 0.130. The summed E-state index contributed by atoms with van der Waals surface area (Å²) in [4.78, 5) is 27.7. The summed E-state index contributed by atoms with van der Waals surface area (Å²) in [6.07, 6.45) is 1.71. The highest BCUT2D eigenvalue weighted by molar-refractivity contribution is 5.95. The second kappa shape index (κ2) is 4.57. The average molecular weight is 259 g/mol. The molecule has 0 aliphatic carbocycles. The molecule has 1 atom stereocenters. The summed E-state index contributed by atoms with van der Waals surface area (Å²) < 4.78 is 0. The molecular weight excluding hydrogens is 242 g/mol. The van der Waals surface area contributed by atoms with Crippen molar-refractivity contribution in [2.75, 3.05) is 18.8 Å². The van der Waals surface area contributed by atoms with Crippen molar-refractivity contribution in [3.05, 3.63) is 29.8 Å². The van der Waals surface area contributed by atoms with E-state index in [9.17, 15) is 9.59 Å². The van der Waals surface area contributed by atoms with Gasteiger partial charge < -0.3 is 15.5 Å². The number of hydrogen-bond acceptors (Lipinski definition) is 3. The summed E-state index contributed by atoms with van der Waals surface area (Å²) in [5.41, 5.74) is 7.37. The Morgan fingerprint density at radius 3 is 2.95 bits per heavy atom. The number of carbonyl (C=O) groups is 2. The topological polar surface area (TPSA) is 66.6 Å². The van der Waals surface area contributed by atoms with E-state index in [0.717, 1.165) is 24.9 Å². The van der Waals surface area contributed by atoms with E-state index in [1.165, 1.54) is 0 Å². The molecule has 0 radical (unpaired) electrons. The van der Waals surface area contributed by atoms with E-state index >= 15 is 0 Å². The zero-order valence-electron chi connectivity index (χ0n) is 10.7. The summed E-state index contributed by atoms with van der Waals surface area (Å²) in [7, 11) is 0. The Bertz CT molecular complexity index is 529. The number of anilines is 1. The smallest absolute Gasteiger partial charge is 0.246 e. The summed E-state index contributed by atoms with van der Waals surface area (Å²) in [6.45, 7) is 1.37. The third-order valence-corrected chi connectivity index (χ3v) is 3.82. The number of amides is 2. The molecule has 2 aliphatic heterocycles. The van der Waals surface area contributed by atoms with Crippen LogP contribution in [-0.4, -0.2) is 40.7 Å². The van der Waals surface area contributed by atoms with Crippen LogP contribution in [0.2, 0.25) is 0 Å². The summed E-state index contributed by atoms with van der Waals surface area (Å²) >= 11 is 0. The molecule has 0 bridgehead atoms. The van der Waals surface area contributed by atoms with Crippen molar-refractivity contribution in [3.8, 4) is 0 Å². The number of benzene rings is 1. The molecule has 0 spiro atoms. The second-order valence-electron chi connectivity index (χ2n) is 5.18. The number of nitrogen functional groups attached to an aromatic ring is 1. The fourth-order valence-electron chi connectivity index (χ4n) is 2.91. The fourth-order valence-corrected chi connectivity index (χ4v) is 2.91. The molecule has 2 aliphatic rings. The lowest BCUT2D eigenvalue weighted by molar-refractivity contribution is -0.154. The minimum absolute atomic E-state index is 0.0611. The maximum absolute atomic E-state index is 12.3. The highest BCUT2D eigenvalue weighted by atomic mass is 16.2. The molecule has 2 amide bonds. The quantitative estimate of drug-likeness (QED) is 0.791. The highest BCUT2D eigenvalue weighted by Gasteiger charge is 2.41. The molecule has 0 aromatic heterocycles. The van der Waals surface area contributed by atoms with Crippen molar-refractivity contribution >= 4 is 17.5 Å². The molecule has 1 aromatic carbocycles. The van der Waals surface area contributed by atoms with Gasteiger partial charge in [-0.15, -0.1) is 0 Å². The third-order valence-electron chi connectivity index (χ3n) is 3.82. The lowest BCUT2D eigenvalue weighted by atomic mass is 10.1. The second-order valence-corrected chi connectivity index (χ2v) is 5.18. The standard InChI is InChI=1S/C14H17N3O2/c15-11-4-1-3-10(7-11)8-16-9-13(18)17-6-2-5-12(17)14(16)19/h1,3-4,7,12H,2,5-6,8-9,15H2. The number of hydrogen-bond donors (Lipinski definition) is 1. The Kier molecular flexibility index (Phi) is 2.89. The molecule has 2 fully saturated rings. The van der Waals surface area contributed by atoms with Crippen LogP contribution in [-0.2, 0) is 16.1 Å². The number of nitrogens with two attached hydrogens (primary N) is 1. The largest absolute Gasteiger partial charge is 0.399 e. The number of carbonyl (C=O) groups excluding carboxylic acids is 2. The summed E-state index contributed by atoms with van der Waals surface area (Å²) in [5, 5.41) is 0. The monoisotopic (exact) mass is 259 g/mol. The molecule has 2 heterocycles. The van der Waals surface area contributed by atoms with Gasteiger partial charge in [0.25, 0.3) is 0 Å². The number of piperazine rings is 1. The van der Waals surface area contributed by atoms with Crippen LogP contribution >= 0.6 is 0 Å². The molecule has 2 saturated heterocycles. The van der Waals surface area contributed by atoms with Crippen molar-refractivity contribution < 1.29 is 9.59 Å². The van der Waals surface area contributed by atoms with Gasteiger partial charge in [-0.25, -0.2) is 0 Å². The molecule has 0 saturated carbocycles. The van der Waals surface area contributed by atoms with E-state index in [4.69, 9.17) is 5.73 Å². The van der Waals surface area contributed by atoms with Crippen LogP contribution in [0.25, 0.3) is 0 Å². The minimum Gasteiger partial charge on any atom is -0.399 e.